The number of hydrogen-bond acceptors (Lipinski definition) is 3. The van der Waals surface area contributed by atoms with Gasteiger partial charge in [-0.1, -0.05) is 29.4 Å². The first-order chi connectivity index (χ1) is 6.20. The fourth-order valence-corrected chi connectivity index (χ4v) is 0.907. The smallest absolute Gasteiger partial charge is 0.221 e. The van der Waals surface area contributed by atoms with Gasteiger partial charge in [0.25, 0.3) is 0 Å². The Morgan fingerprint density at radius 3 is 2.77 bits per heavy atom. The monoisotopic (exact) mass is 179 g/mol. The van der Waals surface area contributed by atoms with E-state index in [0.717, 1.165) is 11.1 Å². The molecule has 0 heterocycles. The van der Waals surface area contributed by atoms with E-state index in [2.05, 4.69) is 9.99 Å². The Morgan fingerprint density at radius 1 is 1.46 bits per heavy atom. The standard InChI is InChI=1S/C10H13NO2/c1-8-5-3-4-6-10(8)7-11-13-9(2)12/h3-7,9,12H,1-2H3/b11-7-/t9-/m1/s1. The summed E-state index contributed by atoms with van der Waals surface area (Å²) in [5.74, 6) is 0. The van der Waals surface area contributed by atoms with Crippen LogP contribution in [0, 0.1) is 6.92 Å². The van der Waals surface area contributed by atoms with Crippen molar-refractivity contribution < 1.29 is 9.94 Å². The van der Waals surface area contributed by atoms with Gasteiger partial charge in [0, 0.05) is 6.92 Å². The SMILES string of the molecule is Cc1ccccc1/C=N\O[C@H](C)O. The van der Waals surface area contributed by atoms with Crippen LogP contribution in [0.4, 0.5) is 0 Å². The maximum absolute atomic E-state index is 8.76. The summed E-state index contributed by atoms with van der Waals surface area (Å²) in [7, 11) is 0. The molecule has 1 aromatic rings. The number of aryl methyl sites for hydroxylation is 1. The molecule has 0 aliphatic heterocycles. The summed E-state index contributed by atoms with van der Waals surface area (Å²) in [6.07, 6.45) is 0.725. The summed E-state index contributed by atoms with van der Waals surface area (Å²) in [5.41, 5.74) is 2.11. The van der Waals surface area contributed by atoms with E-state index < -0.39 is 6.29 Å². The molecule has 70 valence electrons. The highest BCUT2D eigenvalue weighted by atomic mass is 16.7. The van der Waals surface area contributed by atoms with Gasteiger partial charge in [-0.15, -0.1) is 0 Å². The third-order valence-electron chi connectivity index (χ3n) is 1.59. The van der Waals surface area contributed by atoms with Crippen LogP contribution in [-0.4, -0.2) is 17.6 Å². The number of aliphatic hydroxyl groups excluding tert-OH is 1. The first-order valence-corrected chi connectivity index (χ1v) is 4.13. The molecule has 0 fully saturated rings. The molecule has 0 aromatic heterocycles. The Balaban J connectivity index is 2.63. The molecule has 1 rings (SSSR count). The van der Waals surface area contributed by atoms with E-state index in [1.165, 1.54) is 6.92 Å². The van der Waals surface area contributed by atoms with Crippen molar-refractivity contribution in [1.82, 2.24) is 0 Å². The van der Waals surface area contributed by atoms with Gasteiger partial charge in [0.1, 0.15) is 0 Å². The van der Waals surface area contributed by atoms with Crippen LogP contribution in [0.15, 0.2) is 29.4 Å². The molecular weight excluding hydrogens is 166 g/mol. The zero-order valence-electron chi connectivity index (χ0n) is 7.77. The van der Waals surface area contributed by atoms with Gasteiger partial charge in [-0.2, -0.15) is 0 Å². The highest BCUT2D eigenvalue weighted by molar-refractivity contribution is 5.80. The van der Waals surface area contributed by atoms with E-state index in [9.17, 15) is 0 Å². The molecule has 0 aliphatic carbocycles. The molecule has 0 amide bonds. The number of nitrogens with zero attached hydrogens (tertiary/aromatic N) is 1. The van der Waals surface area contributed by atoms with Crippen molar-refractivity contribution in [2.75, 3.05) is 0 Å². The molecule has 0 bridgehead atoms. The minimum Gasteiger partial charge on any atom is -0.364 e. The molecule has 0 spiro atoms. The van der Waals surface area contributed by atoms with E-state index in [-0.39, 0.29) is 0 Å². The quantitative estimate of drug-likeness (QED) is 0.436. The van der Waals surface area contributed by atoms with Crippen LogP contribution in [0.1, 0.15) is 18.1 Å². The van der Waals surface area contributed by atoms with Gasteiger partial charge in [0.05, 0.1) is 6.21 Å². The molecule has 0 saturated heterocycles. The molecule has 3 heteroatoms. The Kier molecular flexibility index (Phi) is 3.46. The lowest BCUT2D eigenvalue weighted by molar-refractivity contribution is -0.0830. The van der Waals surface area contributed by atoms with Gasteiger partial charge in [0.2, 0.25) is 6.29 Å². The molecule has 3 nitrogen and oxygen atoms in total. The summed E-state index contributed by atoms with van der Waals surface area (Å²) < 4.78 is 0. The molecule has 0 radical (unpaired) electrons. The van der Waals surface area contributed by atoms with Crippen molar-refractivity contribution in [3.05, 3.63) is 35.4 Å². The molecule has 0 saturated carbocycles. The van der Waals surface area contributed by atoms with Crippen molar-refractivity contribution in [3.8, 4) is 0 Å². The Morgan fingerprint density at radius 2 is 2.15 bits per heavy atom. The molecule has 0 aliphatic rings. The number of hydrogen-bond donors (Lipinski definition) is 1. The van der Waals surface area contributed by atoms with Gasteiger partial charge in [0.15, 0.2) is 0 Å². The zero-order chi connectivity index (χ0) is 9.68. The lowest BCUT2D eigenvalue weighted by Gasteiger charge is -2.00. The van der Waals surface area contributed by atoms with Crippen molar-refractivity contribution in [2.45, 2.75) is 20.1 Å². The molecule has 13 heavy (non-hydrogen) atoms. The molecular formula is C10H13NO2. The Labute approximate surface area is 77.6 Å². The van der Waals surface area contributed by atoms with Gasteiger partial charge < -0.3 is 9.94 Å². The zero-order valence-corrected chi connectivity index (χ0v) is 7.77. The van der Waals surface area contributed by atoms with Gasteiger partial charge in [-0.25, -0.2) is 0 Å². The summed E-state index contributed by atoms with van der Waals surface area (Å²) in [6.45, 7) is 3.50. The normalized spacial score (nSPS) is 13.2. The Bertz CT molecular complexity index is 295. The van der Waals surface area contributed by atoms with Crippen molar-refractivity contribution in [2.24, 2.45) is 5.16 Å². The number of aliphatic hydroxyl groups is 1. The predicted molar refractivity (Wildman–Crippen MR) is 51.5 cm³/mol. The van der Waals surface area contributed by atoms with Crippen LogP contribution in [-0.2, 0) is 4.84 Å². The highest BCUT2D eigenvalue weighted by Crippen LogP contribution is 2.03. The largest absolute Gasteiger partial charge is 0.364 e. The second-order valence-electron chi connectivity index (χ2n) is 2.80. The van der Waals surface area contributed by atoms with E-state index in [1.54, 1.807) is 6.21 Å². The molecule has 1 aromatic carbocycles. The van der Waals surface area contributed by atoms with Crippen LogP contribution in [0.5, 0.6) is 0 Å². The lowest BCUT2D eigenvalue weighted by atomic mass is 10.1. The summed E-state index contributed by atoms with van der Waals surface area (Å²) in [5, 5.41) is 12.4. The van der Waals surface area contributed by atoms with Gasteiger partial charge in [-0.05, 0) is 18.1 Å². The fraction of sp³-hybridized carbons (Fsp3) is 0.300. The number of rotatable bonds is 3. The average Bonchev–Trinajstić information content (AvgIpc) is 2.08. The molecule has 1 N–H and O–H groups in total. The second kappa shape index (κ2) is 4.62. The fourth-order valence-electron chi connectivity index (χ4n) is 0.907. The molecule has 1 atom stereocenters. The van der Waals surface area contributed by atoms with Crippen molar-refractivity contribution >= 4 is 6.21 Å². The summed E-state index contributed by atoms with van der Waals surface area (Å²) in [6, 6.07) is 7.81. The van der Waals surface area contributed by atoms with Crippen molar-refractivity contribution in [3.63, 3.8) is 0 Å². The van der Waals surface area contributed by atoms with Crippen LogP contribution < -0.4 is 0 Å². The second-order valence-corrected chi connectivity index (χ2v) is 2.80. The van der Waals surface area contributed by atoms with Crippen LogP contribution in [0.25, 0.3) is 0 Å². The molecule has 0 unspecified atom stereocenters. The minimum atomic E-state index is -0.861. The summed E-state index contributed by atoms with van der Waals surface area (Å²) >= 11 is 0. The Hall–Kier alpha value is -1.35. The summed E-state index contributed by atoms with van der Waals surface area (Å²) in [4.78, 5) is 4.63. The van der Waals surface area contributed by atoms with E-state index in [1.807, 2.05) is 31.2 Å². The number of oxime groups is 1. The predicted octanol–water partition coefficient (Wildman–Crippen LogP) is 1.68. The topological polar surface area (TPSA) is 41.8 Å². The van der Waals surface area contributed by atoms with Gasteiger partial charge in [-0.3, -0.25) is 0 Å². The van der Waals surface area contributed by atoms with E-state index >= 15 is 0 Å². The average molecular weight is 179 g/mol. The highest BCUT2D eigenvalue weighted by Gasteiger charge is 1.93. The maximum Gasteiger partial charge on any atom is 0.221 e. The van der Waals surface area contributed by atoms with E-state index in [4.69, 9.17) is 5.11 Å². The van der Waals surface area contributed by atoms with Crippen LogP contribution in [0.2, 0.25) is 0 Å². The maximum atomic E-state index is 8.76. The number of benzene rings is 1. The first-order valence-electron chi connectivity index (χ1n) is 4.13. The van der Waals surface area contributed by atoms with Gasteiger partial charge >= 0.3 is 0 Å². The van der Waals surface area contributed by atoms with Crippen LogP contribution in [0.3, 0.4) is 0 Å². The first kappa shape index (κ1) is 9.74. The lowest BCUT2D eigenvalue weighted by Crippen LogP contribution is -2.00. The van der Waals surface area contributed by atoms with E-state index in [0.29, 0.717) is 0 Å². The third-order valence-corrected chi connectivity index (χ3v) is 1.59. The minimum absolute atomic E-state index is 0.861. The van der Waals surface area contributed by atoms with Crippen molar-refractivity contribution in [1.29, 1.82) is 0 Å². The third kappa shape index (κ3) is 3.25. The van der Waals surface area contributed by atoms with Crippen LogP contribution >= 0.6 is 0 Å².